The Kier molecular flexibility index (Phi) is 4.46. The molecule has 1 aromatic carbocycles. The molecule has 0 bridgehead atoms. The lowest BCUT2D eigenvalue weighted by Crippen LogP contribution is -2.16. The van der Waals surface area contributed by atoms with Gasteiger partial charge in [0, 0.05) is 16.0 Å². The van der Waals surface area contributed by atoms with Crippen LogP contribution < -0.4 is 5.32 Å². The third kappa shape index (κ3) is 4.43. The lowest BCUT2D eigenvalue weighted by Gasteiger charge is -2.21. The summed E-state index contributed by atoms with van der Waals surface area (Å²) in [6, 6.07) is 6.02. The van der Waals surface area contributed by atoms with Gasteiger partial charge >= 0.3 is 0 Å². The van der Waals surface area contributed by atoms with Crippen LogP contribution in [0, 0.1) is 12.3 Å². The van der Waals surface area contributed by atoms with E-state index in [0.29, 0.717) is 10.7 Å². The van der Waals surface area contributed by atoms with Gasteiger partial charge in [0.2, 0.25) is 0 Å². The predicted molar refractivity (Wildman–Crippen MR) is 87.6 cm³/mol. The summed E-state index contributed by atoms with van der Waals surface area (Å²) in [6.07, 6.45) is 1.18. The minimum atomic E-state index is 0.357. The smallest absolute Gasteiger partial charge is 0.161 e. The van der Waals surface area contributed by atoms with Gasteiger partial charge in [0.15, 0.2) is 5.17 Å². The quantitative estimate of drug-likeness (QED) is 0.833. The second kappa shape index (κ2) is 5.76. The Bertz CT molecular complexity index is 491. The van der Waals surface area contributed by atoms with Crippen molar-refractivity contribution in [2.45, 2.75) is 39.4 Å². The Labute approximate surface area is 125 Å². The highest BCUT2D eigenvalue weighted by Crippen LogP contribution is 2.32. The summed E-state index contributed by atoms with van der Waals surface area (Å²) >= 11 is 7.97. The van der Waals surface area contributed by atoms with E-state index < -0.39 is 0 Å². The van der Waals surface area contributed by atoms with E-state index >= 15 is 0 Å². The number of aryl methyl sites for hydroxylation is 1. The Hall–Kier alpha value is -0.670. The van der Waals surface area contributed by atoms with Gasteiger partial charge in [0.05, 0.1) is 6.54 Å². The van der Waals surface area contributed by atoms with Gasteiger partial charge in [-0.15, -0.1) is 0 Å². The van der Waals surface area contributed by atoms with E-state index in [1.165, 1.54) is 6.42 Å². The standard InChI is InChI=1S/C15H21ClN2S/c1-10-5-6-11(7-13(10)16)18-14-17-9-12(19-14)8-15(2,3)4/h5-7,12H,8-9H2,1-4H3,(H,17,18). The van der Waals surface area contributed by atoms with Gasteiger partial charge in [-0.3, -0.25) is 4.99 Å². The number of halogens is 1. The molecule has 0 radical (unpaired) electrons. The van der Waals surface area contributed by atoms with Crippen molar-refractivity contribution in [2.75, 3.05) is 11.9 Å². The minimum absolute atomic E-state index is 0.357. The molecule has 0 fully saturated rings. The maximum Gasteiger partial charge on any atom is 0.161 e. The number of benzene rings is 1. The van der Waals surface area contributed by atoms with E-state index in [1.54, 1.807) is 0 Å². The van der Waals surface area contributed by atoms with Crippen LogP contribution in [0.1, 0.15) is 32.8 Å². The molecule has 2 nitrogen and oxygen atoms in total. The molecule has 1 aliphatic heterocycles. The van der Waals surface area contributed by atoms with Crippen molar-refractivity contribution >= 4 is 34.2 Å². The summed E-state index contributed by atoms with van der Waals surface area (Å²) in [6.45, 7) is 9.74. The lowest BCUT2D eigenvalue weighted by molar-refractivity contribution is 0.375. The monoisotopic (exact) mass is 296 g/mol. The van der Waals surface area contributed by atoms with Gasteiger partial charge in [0.1, 0.15) is 0 Å². The first-order chi connectivity index (χ1) is 8.83. The summed E-state index contributed by atoms with van der Waals surface area (Å²) in [5.74, 6) is 0. The van der Waals surface area contributed by atoms with Crippen molar-refractivity contribution in [2.24, 2.45) is 10.4 Å². The Balaban J connectivity index is 1.93. The first-order valence-electron chi connectivity index (χ1n) is 6.58. The zero-order valence-corrected chi connectivity index (χ0v) is 13.5. The van der Waals surface area contributed by atoms with Crippen LogP contribution in [0.15, 0.2) is 23.2 Å². The average Bonchev–Trinajstić information content (AvgIpc) is 2.68. The van der Waals surface area contributed by atoms with Crippen molar-refractivity contribution in [3.05, 3.63) is 28.8 Å². The van der Waals surface area contributed by atoms with Crippen LogP contribution >= 0.6 is 23.4 Å². The summed E-state index contributed by atoms with van der Waals surface area (Å²) in [7, 11) is 0. The molecular formula is C15H21ClN2S. The zero-order chi connectivity index (χ0) is 14.0. The molecule has 1 aromatic rings. The van der Waals surface area contributed by atoms with E-state index in [9.17, 15) is 0 Å². The van der Waals surface area contributed by atoms with Gasteiger partial charge in [-0.2, -0.15) is 0 Å². The van der Waals surface area contributed by atoms with E-state index in [2.05, 4.69) is 31.1 Å². The number of thioether (sulfide) groups is 1. The van der Waals surface area contributed by atoms with Gasteiger partial charge in [-0.05, 0) is 36.5 Å². The van der Waals surface area contributed by atoms with Crippen molar-refractivity contribution in [1.29, 1.82) is 0 Å². The highest BCUT2D eigenvalue weighted by Gasteiger charge is 2.25. The van der Waals surface area contributed by atoms with E-state index in [4.69, 9.17) is 11.6 Å². The molecule has 2 rings (SSSR count). The van der Waals surface area contributed by atoms with E-state index in [1.807, 2.05) is 36.9 Å². The third-order valence-corrected chi connectivity index (χ3v) is 4.49. The molecule has 4 heteroatoms. The second-order valence-electron chi connectivity index (χ2n) is 6.24. The molecule has 0 amide bonds. The zero-order valence-electron chi connectivity index (χ0n) is 12.0. The third-order valence-electron chi connectivity index (χ3n) is 2.98. The fourth-order valence-electron chi connectivity index (χ4n) is 2.07. The van der Waals surface area contributed by atoms with Crippen LogP contribution in [0.5, 0.6) is 0 Å². The molecule has 0 aliphatic carbocycles. The summed E-state index contributed by atoms with van der Waals surface area (Å²) in [4.78, 5) is 4.57. The van der Waals surface area contributed by atoms with Crippen LogP contribution in [-0.4, -0.2) is 17.0 Å². The normalized spacial score (nSPS) is 19.4. The molecule has 1 aliphatic rings. The lowest BCUT2D eigenvalue weighted by atomic mass is 9.90. The predicted octanol–water partition coefficient (Wildman–Crippen LogP) is 4.97. The van der Waals surface area contributed by atoms with Crippen LogP contribution in [0.4, 0.5) is 5.69 Å². The second-order valence-corrected chi connectivity index (χ2v) is 7.94. The Morgan fingerprint density at radius 3 is 2.79 bits per heavy atom. The van der Waals surface area contributed by atoms with Crippen molar-refractivity contribution in [3.8, 4) is 0 Å². The van der Waals surface area contributed by atoms with Crippen LogP contribution in [-0.2, 0) is 0 Å². The number of aliphatic imine (C=N–C) groups is 1. The molecule has 19 heavy (non-hydrogen) atoms. The van der Waals surface area contributed by atoms with Gasteiger partial charge < -0.3 is 5.32 Å². The summed E-state index contributed by atoms with van der Waals surface area (Å²) in [5, 5.41) is 5.74. The first kappa shape index (κ1) is 14.7. The highest BCUT2D eigenvalue weighted by molar-refractivity contribution is 8.15. The molecule has 1 heterocycles. The van der Waals surface area contributed by atoms with Gasteiger partial charge in [0.25, 0.3) is 0 Å². The van der Waals surface area contributed by atoms with Crippen LogP contribution in [0.3, 0.4) is 0 Å². The Morgan fingerprint density at radius 1 is 1.42 bits per heavy atom. The van der Waals surface area contributed by atoms with E-state index in [-0.39, 0.29) is 0 Å². The number of rotatable bonds is 2. The van der Waals surface area contributed by atoms with Crippen molar-refractivity contribution < 1.29 is 0 Å². The first-order valence-corrected chi connectivity index (χ1v) is 7.83. The van der Waals surface area contributed by atoms with Crippen LogP contribution in [0.25, 0.3) is 0 Å². The molecule has 1 atom stereocenters. The van der Waals surface area contributed by atoms with Crippen LogP contribution in [0.2, 0.25) is 5.02 Å². The van der Waals surface area contributed by atoms with Crippen molar-refractivity contribution in [3.63, 3.8) is 0 Å². The maximum absolute atomic E-state index is 6.13. The molecule has 1 N–H and O–H groups in total. The minimum Gasteiger partial charge on any atom is -0.335 e. The number of amidine groups is 1. The fourth-order valence-corrected chi connectivity index (χ4v) is 3.62. The number of hydrogen-bond acceptors (Lipinski definition) is 3. The molecule has 0 saturated heterocycles. The summed E-state index contributed by atoms with van der Waals surface area (Å²) < 4.78 is 0. The highest BCUT2D eigenvalue weighted by atomic mass is 35.5. The van der Waals surface area contributed by atoms with E-state index in [0.717, 1.165) is 28.0 Å². The van der Waals surface area contributed by atoms with Crippen molar-refractivity contribution in [1.82, 2.24) is 0 Å². The molecule has 0 aromatic heterocycles. The number of anilines is 1. The number of nitrogens with zero attached hydrogens (tertiary/aromatic N) is 1. The Morgan fingerprint density at radius 2 is 2.16 bits per heavy atom. The SMILES string of the molecule is Cc1ccc(NC2=NCC(CC(C)(C)C)S2)cc1Cl. The maximum atomic E-state index is 6.13. The molecular weight excluding hydrogens is 276 g/mol. The van der Waals surface area contributed by atoms with Gasteiger partial charge in [-0.25, -0.2) is 0 Å². The molecule has 1 unspecified atom stereocenters. The average molecular weight is 297 g/mol. The largest absolute Gasteiger partial charge is 0.335 e. The number of nitrogens with one attached hydrogen (secondary N) is 1. The molecule has 0 spiro atoms. The summed E-state index contributed by atoms with van der Waals surface area (Å²) in [5.41, 5.74) is 2.47. The topological polar surface area (TPSA) is 24.4 Å². The van der Waals surface area contributed by atoms with Gasteiger partial charge in [-0.1, -0.05) is 50.2 Å². The molecule has 0 saturated carbocycles. The fraction of sp³-hybridized carbons (Fsp3) is 0.533. The number of hydrogen-bond donors (Lipinski definition) is 1. The molecule has 104 valence electrons.